The summed E-state index contributed by atoms with van der Waals surface area (Å²) in [5, 5.41) is 10.1. The van der Waals surface area contributed by atoms with Crippen molar-refractivity contribution < 1.29 is 5.11 Å². The maximum atomic E-state index is 10.1. The van der Waals surface area contributed by atoms with Gasteiger partial charge in [0.25, 0.3) is 0 Å². The van der Waals surface area contributed by atoms with Gasteiger partial charge in [-0.1, -0.05) is 30.4 Å². The second-order valence-corrected chi connectivity index (χ2v) is 11.4. The highest BCUT2D eigenvalue weighted by Crippen LogP contribution is 2.46. The summed E-state index contributed by atoms with van der Waals surface area (Å²) < 4.78 is 0. The van der Waals surface area contributed by atoms with Gasteiger partial charge in [-0.05, 0) is 123 Å². The molecular weight excluding hydrogens is 430 g/mol. The second kappa shape index (κ2) is 9.46. The molecule has 4 aliphatic rings. The molecule has 2 aliphatic carbocycles. The number of benzene rings is 1. The number of nitrogens with zero attached hydrogens (tertiary/aromatic N) is 3. The summed E-state index contributed by atoms with van der Waals surface area (Å²) in [4.78, 5) is 10.0. The number of aromatic hydroxyl groups is 1. The first-order valence-electron chi connectivity index (χ1n) is 13.7. The van der Waals surface area contributed by atoms with E-state index in [2.05, 4.69) is 59.5 Å². The van der Waals surface area contributed by atoms with Crippen LogP contribution in [0.1, 0.15) is 67.6 Å². The smallest absolute Gasteiger partial charge is 0.128 e. The van der Waals surface area contributed by atoms with E-state index in [1.54, 1.807) is 0 Å². The molecule has 2 aliphatic heterocycles. The number of hydrogen-bond acceptors (Lipinski definition) is 4. The van der Waals surface area contributed by atoms with Crippen molar-refractivity contribution in [3.05, 3.63) is 77.0 Å². The van der Waals surface area contributed by atoms with Gasteiger partial charge in [-0.2, -0.15) is 0 Å². The quantitative estimate of drug-likeness (QED) is 0.592. The van der Waals surface area contributed by atoms with Gasteiger partial charge in [0.15, 0.2) is 0 Å². The largest absolute Gasteiger partial charge is 0.508 e. The van der Waals surface area contributed by atoms with Gasteiger partial charge in [0.05, 0.1) is 0 Å². The average Bonchev–Trinajstić information content (AvgIpc) is 2.91. The van der Waals surface area contributed by atoms with E-state index < -0.39 is 0 Å². The molecule has 1 N–H and O–H groups in total. The third-order valence-electron chi connectivity index (χ3n) is 9.37. The third-order valence-corrected chi connectivity index (χ3v) is 9.37. The van der Waals surface area contributed by atoms with Crippen molar-refractivity contribution in [3.63, 3.8) is 0 Å². The number of hydrogen-bond donors (Lipinski definition) is 1. The number of pyridine rings is 1. The van der Waals surface area contributed by atoms with Crippen molar-refractivity contribution in [2.75, 3.05) is 38.1 Å². The zero-order valence-electron chi connectivity index (χ0n) is 21.1. The van der Waals surface area contributed by atoms with Crippen molar-refractivity contribution in [3.8, 4) is 5.75 Å². The topological polar surface area (TPSA) is 39.6 Å². The Labute approximate surface area is 210 Å². The fourth-order valence-corrected chi connectivity index (χ4v) is 7.06. The number of rotatable bonds is 3. The van der Waals surface area contributed by atoms with Gasteiger partial charge in [-0.3, -0.25) is 0 Å². The Morgan fingerprint density at radius 2 is 1.77 bits per heavy atom. The Kier molecular flexibility index (Phi) is 6.18. The molecule has 0 unspecified atom stereocenters. The third kappa shape index (κ3) is 4.53. The van der Waals surface area contributed by atoms with E-state index in [4.69, 9.17) is 4.98 Å². The van der Waals surface area contributed by atoms with Crippen molar-refractivity contribution in [1.82, 2.24) is 9.88 Å². The molecule has 0 amide bonds. The van der Waals surface area contributed by atoms with Crippen molar-refractivity contribution in [2.45, 2.75) is 57.3 Å². The number of aromatic nitrogens is 1. The molecule has 1 aromatic heterocycles. The van der Waals surface area contributed by atoms with Gasteiger partial charge < -0.3 is 14.9 Å². The normalized spacial score (nSPS) is 26.4. The Balaban J connectivity index is 1.23. The van der Waals surface area contributed by atoms with Crippen LogP contribution >= 0.6 is 0 Å². The molecule has 2 saturated heterocycles. The SMILES string of the molecule is CN1CCC2(CC1)CCN(c1ccc([C@@H]3c4ccc(O)cc4CC[C@@H]3C3=CCCC=C3)cn1)CC2. The van der Waals surface area contributed by atoms with Gasteiger partial charge in [0, 0.05) is 25.2 Å². The first-order chi connectivity index (χ1) is 17.1. The molecule has 2 atom stereocenters. The number of likely N-dealkylation sites (tertiary alicyclic amines) is 1. The highest BCUT2D eigenvalue weighted by Gasteiger charge is 2.37. The van der Waals surface area contributed by atoms with E-state index in [1.807, 2.05) is 12.1 Å². The van der Waals surface area contributed by atoms with E-state index in [0.717, 1.165) is 44.6 Å². The van der Waals surface area contributed by atoms with Crippen LogP contribution < -0.4 is 4.90 Å². The average molecular weight is 470 g/mol. The van der Waals surface area contributed by atoms with Gasteiger partial charge in [-0.15, -0.1) is 0 Å². The van der Waals surface area contributed by atoms with Crippen LogP contribution in [-0.2, 0) is 6.42 Å². The van der Waals surface area contributed by atoms with E-state index in [0.29, 0.717) is 23.0 Å². The molecule has 1 aromatic carbocycles. The highest BCUT2D eigenvalue weighted by molar-refractivity contribution is 5.49. The fourth-order valence-electron chi connectivity index (χ4n) is 7.06. The summed E-state index contributed by atoms with van der Waals surface area (Å²) in [7, 11) is 2.26. The minimum Gasteiger partial charge on any atom is -0.508 e. The molecule has 1 spiro atoms. The van der Waals surface area contributed by atoms with E-state index in [1.165, 1.54) is 61.0 Å². The molecule has 2 aromatic rings. The standard InChI is InChI=1S/C31H39N3O/c1-33-17-13-31(14-18-33)15-19-34(20-16-31)29-12-8-25(22-32-29)30-27(23-5-3-2-4-6-23)10-7-24-21-26(35)9-11-28(24)30/h3,5-6,8-9,11-12,21-22,27,30,35H,2,4,7,10,13-20H2,1H3/t27-,30+/m1/s1. The molecule has 0 saturated carbocycles. The lowest BCUT2D eigenvalue weighted by Gasteiger charge is -2.46. The molecular formula is C31H39N3O. The van der Waals surface area contributed by atoms with Crippen LogP contribution in [0, 0.1) is 11.3 Å². The Hall–Kier alpha value is -2.59. The van der Waals surface area contributed by atoms with E-state index in [-0.39, 0.29) is 0 Å². The van der Waals surface area contributed by atoms with Gasteiger partial charge >= 0.3 is 0 Å². The summed E-state index contributed by atoms with van der Waals surface area (Å²) in [6, 6.07) is 10.6. The van der Waals surface area contributed by atoms with Crippen LogP contribution in [0.25, 0.3) is 0 Å². The lowest BCUT2D eigenvalue weighted by Crippen LogP contribution is -2.46. The lowest BCUT2D eigenvalue weighted by atomic mass is 9.68. The van der Waals surface area contributed by atoms with Gasteiger partial charge in [0.2, 0.25) is 0 Å². The number of anilines is 1. The summed E-state index contributed by atoms with van der Waals surface area (Å²) in [5.41, 5.74) is 5.98. The highest BCUT2D eigenvalue weighted by atomic mass is 16.3. The number of fused-ring (bicyclic) bond motifs is 1. The summed E-state index contributed by atoms with van der Waals surface area (Å²) in [5.74, 6) is 2.26. The molecule has 6 rings (SSSR count). The fraction of sp³-hybridized carbons (Fsp3) is 0.516. The monoisotopic (exact) mass is 469 g/mol. The molecule has 35 heavy (non-hydrogen) atoms. The zero-order chi connectivity index (χ0) is 23.8. The van der Waals surface area contributed by atoms with Crippen molar-refractivity contribution in [2.24, 2.45) is 11.3 Å². The summed E-state index contributed by atoms with van der Waals surface area (Å²) in [6.45, 7) is 4.75. The van der Waals surface area contributed by atoms with E-state index >= 15 is 0 Å². The van der Waals surface area contributed by atoms with Gasteiger partial charge in [0.1, 0.15) is 11.6 Å². The van der Waals surface area contributed by atoms with Gasteiger partial charge in [-0.25, -0.2) is 4.98 Å². The second-order valence-electron chi connectivity index (χ2n) is 11.4. The van der Waals surface area contributed by atoms with Crippen LogP contribution in [-0.4, -0.2) is 48.2 Å². The minimum atomic E-state index is 0.291. The Bertz CT molecular complexity index is 1100. The summed E-state index contributed by atoms with van der Waals surface area (Å²) >= 11 is 0. The van der Waals surface area contributed by atoms with Crippen LogP contribution in [0.2, 0.25) is 0 Å². The molecule has 0 radical (unpaired) electrons. The maximum Gasteiger partial charge on any atom is 0.128 e. The van der Waals surface area contributed by atoms with Crippen LogP contribution in [0.3, 0.4) is 0 Å². The first-order valence-corrected chi connectivity index (χ1v) is 13.7. The summed E-state index contributed by atoms with van der Waals surface area (Å²) in [6.07, 6.45) is 19.0. The molecule has 4 nitrogen and oxygen atoms in total. The molecule has 3 heterocycles. The number of piperidine rings is 2. The molecule has 2 fully saturated rings. The minimum absolute atomic E-state index is 0.291. The van der Waals surface area contributed by atoms with Crippen molar-refractivity contribution in [1.29, 1.82) is 0 Å². The number of phenols is 1. The van der Waals surface area contributed by atoms with Crippen LogP contribution in [0.15, 0.2) is 60.3 Å². The zero-order valence-corrected chi connectivity index (χ0v) is 21.1. The Morgan fingerprint density at radius 1 is 0.971 bits per heavy atom. The number of allylic oxidation sites excluding steroid dienone is 4. The van der Waals surface area contributed by atoms with Crippen LogP contribution in [0.4, 0.5) is 5.82 Å². The molecule has 4 heteroatoms. The van der Waals surface area contributed by atoms with Crippen molar-refractivity contribution >= 4 is 5.82 Å². The predicted octanol–water partition coefficient (Wildman–Crippen LogP) is 6.07. The number of phenolic OH excluding ortho intramolecular Hbond substituents is 1. The molecule has 0 bridgehead atoms. The number of aryl methyl sites for hydroxylation is 1. The first kappa shape index (κ1) is 22.8. The van der Waals surface area contributed by atoms with Crippen LogP contribution in [0.5, 0.6) is 5.75 Å². The lowest BCUT2D eigenvalue weighted by molar-refractivity contribution is 0.0943. The maximum absolute atomic E-state index is 10.1. The predicted molar refractivity (Wildman–Crippen MR) is 143 cm³/mol. The molecule has 184 valence electrons. The van der Waals surface area contributed by atoms with E-state index in [9.17, 15) is 5.11 Å². The Morgan fingerprint density at radius 3 is 2.49 bits per heavy atom.